The van der Waals surface area contributed by atoms with Gasteiger partial charge in [-0.15, -0.1) is 0 Å². The van der Waals surface area contributed by atoms with Crippen LogP contribution in [0.25, 0.3) is 0 Å². The van der Waals surface area contributed by atoms with Gasteiger partial charge in [0.05, 0.1) is 7.11 Å². The molecular formula is C24H30N2O3. The van der Waals surface area contributed by atoms with E-state index in [2.05, 4.69) is 17.4 Å². The quantitative estimate of drug-likeness (QED) is 0.776. The van der Waals surface area contributed by atoms with Gasteiger partial charge in [0.2, 0.25) is 5.91 Å². The molecule has 29 heavy (non-hydrogen) atoms. The predicted octanol–water partition coefficient (Wildman–Crippen LogP) is 3.86. The van der Waals surface area contributed by atoms with Crippen molar-refractivity contribution >= 4 is 11.8 Å². The number of carbonyl (C=O) groups excluding carboxylic acids is 2. The maximum Gasteiger partial charge on any atom is 0.251 e. The lowest BCUT2D eigenvalue weighted by molar-refractivity contribution is -0.133. The van der Waals surface area contributed by atoms with E-state index in [1.54, 1.807) is 19.2 Å². The highest BCUT2D eigenvalue weighted by molar-refractivity contribution is 5.97. The van der Waals surface area contributed by atoms with Crippen molar-refractivity contribution < 1.29 is 14.3 Å². The maximum atomic E-state index is 13.3. The molecule has 3 rings (SSSR count). The van der Waals surface area contributed by atoms with Gasteiger partial charge in [0.25, 0.3) is 5.91 Å². The van der Waals surface area contributed by atoms with Crippen molar-refractivity contribution in [3.05, 3.63) is 65.7 Å². The molecule has 0 saturated carbocycles. The summed E-state index contributed by atoms with van der Waals surface area (Å²) in [6, 6.07) is 16.6. The van der Waals surface area contributed by atoms with Gasteiger partial charge in [-0.2, -0.15) is 0 Å². The summed E-state index contributed by atoms with van der Waals surface area (Å²) >= 11 is 0. The average Bonchev–Trinajstić information content (AvgIpc) is 3.27. The van der Waals surface area contributed by atoms with Crippen LogP contribution in [0.3, 0.4) is 0 Å². The van der Waals surface area contributed by atoms with Gasteiger partial charge in [0, 0.05) is 24.6 Å². The van der Waals surface area contributed by atoms with Crippen LogP contribution in [0.2, 0.25) is 0 Å². The summed E-state index contributed by atoms with van der Waals surface area (Å²) in [5.74, 6) is 1.03. The van der Waals surface area contributed by atoms with E-state index in [9.17, 15) is 9.59 Å². The lowest BCUT2D eigenvalue weighted by Crippen LogP contribution is -2.51. The van der Waals surface area contributed by atoms with Crippen molar-refractivity contribution in [1.82, 2.24) is 10.2 Å². The number of nitrogens with zero attached hydrogens (tertiary/aromatic N) is 1. The van der Waals surface area contributed by atoms with E-state index in [0.717, 1.165) is 18.6 Å². The Bertz CT molecular complexity index is 820. The summed E-state index contributed by atoms with van der Waals surface area (Å²) in [7, 11) is 1.66. The molecule has 1 fully saturated rings. The van der Waals surface area contributed by atoms with E-state index < -0.39 is 6.04 Å². The molecule has 2 aromatic rings. The number of amides is 2. The van der Waals surface area contributed by atoms with Crippen LogP contribution in [-0.2, 0) is 4.79 Å². The zero-order valence-electron chi connectivity index (χ0n) is 17.4. The monoisotopic (exact) mass is 394 g/mol. The highest BCUT2D eigenvalue weighted by atomic mass is 16.5. The molecule has 1 aliphatic rings. The van der Waals surface area contributed by atoms with Gasteiger partial charge in [-0.05, 0) is 42.2 Å². The van der Waals surface area contributed by atoms with E-state index in [1.165, 1.54) is 5.56 Å². The second kappa shape index (κ2) is 9.59. The highest BCUT2D eigenvalue weighted by Crippen LogP contribution is 2.29. The van der Waals surface area contributed by atoms with Crippen molar-refractivity contribution in [3.63, 3.8) is 0 Å². The molecule has 0 bridgehead atoms. The molecule has 3 unspecified atom stereocenters. The van der Waals surface area contributed by atoms with Gasteiger partial charge in [-0.1, -0.05) is 50.6 Å². The molecule has 2 aromatic carbocycles. The number of ether oxygens (including phenoxy) is 1. The molecule has 3 atom stereocenters. The molecule has 1 aliphatic heterocycles. The van der Waals surface area contributed by atoms with Crippen molar-refractivity contribution in [2.45, 2.75) is 38.6 Å². The number of nitrogens with one attached hydrogen (secondary N) is 1. The Morgan fingerprint density at radius 3 is 2.45 bits per heavy atom. The van der Waals surface area contributed by atoms with Gasteiger partial charge in [0.15, 0.2) is 0 Å². The van der Waals surface area contributed by atoms with Crippen LogP contribution in [0.4, 0.5) is 0 Å². The zero-order valence-corrected chi connectivity index (χ0v) is 17.4. The Morgan fingerprint density at radius 1 is 1.14 bits per heavy atom. The standard InChI is InChI=1S/C24H30N2O3/c1-4-17(2)22(25-23(27)19-8-6-5-7-9-19)24(28)26-15-14-20(16-26)18-10-12-21(29-3)13-11-18/h5-13,17,20,22H,4,14-16H2,1-3H3,(H,25,27). The highest BCUT2D eigenvalue weighted by Gasteiger charge is 2.34. The minimum atomic E-state index is -0.512. The number of carbonyl (C=O) groups is 2. The largest absolute Gasteiger partial charge is 0.497 e. The summed E-state index contributed by atoms with van der Waals surface area (Å²) in [5, 5.41) is 2.98. The molecule has 154 valence electrons. The average molecular weight is 395 g/mol. The number of benzene rings is 2. The van der Waals surface area contributed by atoms with E-state index in [-0.39, 0.29) is 17.7 Å². The Morgan fingerprint density at radius 2 is 1.83 bits per heavy atom. The van der Waals surface area contributed by atoms with Crippen LogP contribution >= 0.6 is 0 Å². The molecule has 1 heterocycles. The van der Waals surface area contributed by atoms with E-state index in [1.807, 2.05) is 49.1 Å². The Labute approximate surface area is 173 Å². The third-order valence-corrected chi connectivity index (χ3v) is 5.89. The Balaban J connectivity index is 1.68. The zero-order chi connectivity index (χ0) is 20.8. The lowest BCUT2D eigenvalue weighted by Gasteiger charge is -2.28. The van der Waals surface area contributed by atoms with E-state index >= 15 is 0 Å². The van der Waals surface area contributed by atoms with Crippen molar-refractivity contribution in [1.29, 1.82) is 0 Å². The van der Waals surface area contributed by atoms with Gasteiger partial charge in [0.1, 0.15) is 11.8 Å². The first kappa shape index (κ1) is 20.9. The van der Waals surface area contributed by atoms with Gasteiger partial charge in [-0.3, -0.25) is 9.59 Å². The maximum absolute atomic E-state index is 13.3. The SMILES string of the molecule is CCC(C)C(NC(=O)c1ccccc1)C(=O)N1CCC(c2ccc(OC)cc2)C1. The first-order chi connectivity index (χ1) is 14.0. The first-order valence-electron chi connectivity index (χ1n) is 10.3. The molecule has 1 saturated heterocycles. The third-order valence-electron chi connectivity index (χ3n) is 5.89. The van der Waals surface area contributed by atoms with Crippen LogP contribution in [0.1, 0.15) is 48.5 Å². The van der Waals surface area contributed by atoms with Crippen LogP contribution in [0, 0.1) is 5.92 Å². The lowest BCUT2D eigenvalue weighted by atomic mass is 9.97. The summed E-state index contributed by atoms with van der Waals surface area (Å²) < 4.78 is 5.23. The number of hydrogen-bond acceptors (Lipinski definition) is 3. The molecule has 1 N–H and O–H groups in total. The molecule has 0 aliphatic carbocycles. The van der Waals surface area contributed by atoms with Crippen LogP contribution < -0.4 is 10.1 Å². The summed E-state index contributed by atoms with van der Waals surface area (Å²) in [4.78, 5) is 27.8. The molecule has 0 aromatic heterocycles. The van der Waals surface area contributed by atoms with E-state index in [4.69, 9.17) is 4.74 Å². The van der Waals surface area contributed by atoms with Crippen LogP contribution in [0.15, 0.2) is 54.6 Å². The minimum absolute atomic E-state index is 0.0136. The third kappa shape index (κ3) is 4.97. The second-order valence-electron chi connectivity index (χ2n) is 7.75. The van der Waals surface area contributed by atoms with Gasteiger partial charge in [-0.25, -0.2) is 0 Å². The summed E-state index contributed by atoms with van der Waals surface area (Å²) in [6.45, 7) is 5.46. The number of likely N-dealkylation sites (tertiary alicyclic amines) is 1. The molecule has 5 heteroatoms. The fraction of sp³-hybridized carbons (Fsp3) is 0.417. The van der Waals surface area contributed by atoms with Crippen molar-refractivity contribution in [2.24, 2.45) is 5.92 Å². The second-order valence-corrected chi connectivity index (χ2v) is 7.75. The molecule has 5 nitrogen and oxygen atoms in total. The Kier molecular flexibility index (Phi) is 6.91. The van der Waals surface area contributed by atoms with Gasteiger partial charge < -0.3 is 15.0 Å². The normalized spacial score (nSPS) is 18.2. The van der Waals surface area contributed by atoms with Crippen LogP contribution in [0.5, 0.6) is 5.75 Å². The topological polar surface area (TPSA) is 58.6 Å². The molecule has 0 radical (unpaired) electrons. The first-order valence-corrected chi connectivity index (χ1v) is 10.3. The van der Waals surface area contributed by atoms with Gasteiger partial charge >= 0.3 is 0 Å². The fourth-order valence-electron chi connectivity index (χ4n) is 3.80. The Hall–Kier alpha value is -2.82. The minimum Gasteiger partial charge on any atom is -0.497 e. The van der Waals surface area contributed by atoms with Crippen molar-refractivity contribution in [3.8, 4) is 5.75 Å². The fourth-order valence-corrected chi connectivity index (χ4v) is 3.80. The predicted molar refractivity (Wildman–Crippen MR) is 114 cm³/mol. The summed E-state index contributed by atoms with van der Waals surface area (Å²) in [5.41, 5.74) is 1.79. The van der Waals surface area contributed by atoms with Crippen LogP contribution in [-0.4, -0.2) is 43.0 Å². The number of rotatable bonds is 7. The van der Waals surface area contributed by atoms with Crippen molar-refractivity contribution in [2.75, 3.05) is 20.2 Å². The molecule has 0 spiro atoms. The molecule has 2 amide bonds. The number of hydrogen-bond donors (Lipinski definition) is 1. The number of methoxy groups -OCH3 is 1. The van der Waals surface area contributed by atoms with E-state index in [0.29, 0.717) is 24.6 Å². The summed E-state index contributed by atoms with van der Waals surface area (Å²) in [6.07, 6.45) is 1.75. The molecular weight excluding hydrogens is 364 g/mol. The smallest absolute Gasteiger partial charge is 0.251 e.